The number of benzene rings is 1. The highest BCUT2D eigenvalue weighted by molar-refractivity contribution is 9.10. The first-order chi connectivity index (χ1) is 9.33. The third kappa shape index (κ3) is 4.82. The predicted octanol–water partition coefficient (Wildman–Crippen LogP) is 4.54. The molecule has 0 radical (unpaired) electrons. The van der Waals surface area contributed by atoms with Crippen molar-refractivity contribution in [1.82, 2.24) is 4.90 Å². The van der Waals surface area contributed by atoms with Gasteiger partial charge in [-0.1, -0.05) is 11.6 Å². The zero-order valence-electron chi connectivity index (χ0n) is 10.7. The molecule has 0 saturated carbocycles. The number of nitrogens with zero attached hydrogens (tertiary/aromatic N) is 1. The van der Waals surface area contributed by atoms with E-state index in [1.807, 2.05) is 12.1 Å². The van der Waals surface area contributed by atoms with Gasteiger partial charge in [0.25, 0.3) is 0 Å². The summed E-state index contributed by atoms with van der Waals surface area (Å²) < 4.78 is 37.7. The molecule has 0 atom stereocenters. The minimum Gasteiger partial charge on any atom is -0.382 e. The molecule has 0 amide bonds. The number of hydrogen-bond acceptors (Lipinski definition) is 2. The van der Waals surface area contributed by atoms with Crippen molar-refractivity contribution >= 4 is 33.2 Å². The number of nitrogens with one attached hydrogen (secondary N) is 1. The van der Waals surface area contributed by atoms with Gasteiger partial charge in [0.15, 0.2) is 0 Å². The minimum atomic E-state index is -4.11. The van der Waals surface area contributed by atoms with Crippen molar-refractivity contribution in [2.45, 2.75) is 25.1 Å². The zero-order chi connectivity index (χ0) is 14.8. The Morgan fingerprint density at radius 1 is 1.30 bits per heavy atom. The standard InChI is InChI=1S/C13H15BrClF3N2/c14-11-7-10(1-2-12(11)15)19-9-3-5-20(6-4-9)8-13(16,17)18/h1-2,7,9,19H,3-6,8H2. The molecule has 20 heavy (non-hydrogen) atoms. The van der Waals surface area contributed by atoms with E-state index in [1.165, 1.54) is 4.90 Å². The molecule has 112 valence electrons. The molecule has 0 unspecified atom stereocenters. The Kier molecular flexibility index (Phi) is 5.20. The van der Waals surface area contributed by atoms with Crippen molar-refractivity contribution in [3.8, 4) is 0 Å². The highest BCUT2D eigenvalue weighted by Gasteiger charge is 2.32. The molecule has 0 spiro atoms. The molecule has 1 N–H and O–H groups in total. The minimum absolute atomic E-state index is 0.201. The van der Waals surface area contributed by atoms with Crippen LogP contribution in [0.15, 0.2) is 22.7 Å². The van der Waals surface area contributed by atoms with Gasteiger partial charge in [-0.15, -0.1) is 0 Å². The van der Waals surface area contributed by atoms with E-state index in [4.69, 9.17) is 11.6 Å². The molecule has 7 heteroatoms. The second-order valence-corrected chi connectivity index (χ2v) is 6.20. The molecule has 1 saturated heterocycles. The van der Waals surface area contributed by atoms with Crippen LogP contribution in [-0.4, -0.2) is 36.8 Å². The number of hydrogen-bond donors (Lipinski definition) is 1. The smallest absolute Gasteiger partial charge is 0.382 e. The van der Waals surface area contributed by atoms with Gasteiger partial charge in [-0.05, 0) is 47.0 Å². The molecule has 0 bridgehead atoms. The van der Waals surface area contributed by atoms with Gasteiger partial charge in [0.2, 0.25) is 0 Å². The maximum absolute atomic E-state index is 12.3. The van der Waals surface area contributed by atoms with E-state index in [0.717, 1.165) is 10.2 Å². The molecule has 1 aliphatic heterocycles. The van der Waals surface area contributed by atoms with E-state index >= 15 is 0 Å². The van der Waals surface area contributed by atoms with Gasteiger partial charge in [-0.3, -0.25) is 4.90 Å². The largest absolute Gasteiger partial charge is 0.401 e. The van der Waals surface area contributed by atoms with E-state index in [9.17, 15) is 13.2 Å². The summed E-state index contributed by atoms with van der Waals surface area (Å²) in [6, 6.07) is 5.74. The summed E-state index contributed by atoms with van der Waals surface area (Å²) in [6.45, 7) is 0.115. The van der Waals surface area contributed by atoms with E-state index in [2.05, 4.69) is 21.2 Å². The first kappa shape index (κ1) is 15.9. The first-order valence-corrected chi connectivity index (χ1v) is 7.51. The predicted molar refractivity (Wildman–Crippen MR) is 78.3 cm³/mol. The summed E-state index contributed by atoms with van der Waals surface area (Å²) in [6.07, 6.45) is -2.70. The Labute approximate surface area is 129 Å². The molecule has 1 aliphatic rings. The van der Waals surface area contributed by atoms with Crippen LogP contribution in [0.3, 0.4) is 0 Å². The molecule has 1 fully saturated rings. The molecule has 1 aromatic carbocycles. The number of rotatable bonds is 3. The van der Waals surface area contributed by atoms with Crippen molar-refractivity contribution in [3.05, 3.63) is 27.7 Å². The second-order valence-electron chi connectivity index (χ2n) is 4.94. The van der Waals surface area contributed by atoms with E-state index in [0.29, 0.717) is 31.0 Å². The lowest BCUT2D eigenvalue weighted by Crippen LogP contribution is -2.43. The van der Waals surface area contributed by atoms with Crippen LogP contribution in [0, 0.1) is 0 Å². The maximum Gasteiger partial charge on any atom is 0.401 e. The number of anilines is 1. The molecule has 2 nitrogen and oxygen atoms in total. The number of halogens is 5. The maximum atomic E-state index is 12.3. The molecule has 2 rings (SSSR count). The summed E-state index contributed by atoms with van der Waals surface area (Å²) >= 11 is 9.26. The highest BCUT2D eigenvalue weighted by Crippen LogP contribution is 2.27. The van der Waals surface area contributed by atoms with Gasteiger partial charge in [0.1, 0.15) is 0 Å². The van der Waals surface area contributed by atoms with Gasteiger partial charge in [-0.2, -0.15) is 13.2 Å². The van der Waals surface area contributed by atoms with Crippen LogP contribution in [0.2, 0.25) is 5.02 Å². The van der Waals surface area contributed by atoms with Gasteiger partial charge >= 0.3 is 6.18 Å². The van der Waals surface area contributed by atoms with Crippen LogP contribution >= 0.6 is 27.5 Å². The summed E-state index contributed by atoms with van der Waals surface area (Å²) in [4.78, 5) is 1.45. The van der Waals surface area contributed by atoms with E-state index in [-0.39, 0.29) is 6.04 Å². The molecule has 0 aliphatic carbocycles. The lowest BCUT2D eigenvalue weighted by molar-refractivity contribution is -0.147. The van der Waals surface area contributed by atoms with Crippen molar-refractivity contribution in [2.75, 3.05) is 25.0 Å². The number of likely N-dealkylation sites (tertiary alicyclic amines) is 1. The highest BCUT2D eigenvalue weighted by atomic mass is 79.9. The average Bonchev–Trinajstić information content (AvgIpc) is 2.35. The summed E-state index contributed by atoms with van der Waals surface area (Å²) in [5, 5.41) is 3.97. The van der Waals surface area contributed by atoms with Crippen LogP contribution in [0.5, 0.6) is 0 Å². The van der Waals surface area contributed by atoms with Crippen LogP contribution in [0.1, 0.15) is 12.8 Å². The van der Waals surface area contributed by atoms with E-state index < -0.39 is 12.7 Å². The Morgan fingerprint density at radius 2 is 1.95 bits per heavy atom. The lowest BCUT2D eigenvalue weighted by Gasteiger charge is -2.33. The summed E-state index contributed by atoms with van der Waals surface area (Å²) in [5.74, 6) is 0. The lowest BCUT2D eigenvalue weighted by atomic mass is 10.0. The van der Waals surface area contributed by atoms with E-state index in [1.54, 1.807) is 6.07 Å². The molecular formula is C13H15BrClF3N2. The van der Waals surface area contributed by atoms with Gasteiger partial charge in [0, 0.05) is 29.3 Å². The summed E-state index contributed by atoms with van der Waals surface area (Å²) in [5.41, 5.74) is 0.926. The van der Waals surface area contributed by atoms with Crippen LogP contribution < -0.4 is 5.32 Å². The average molecular weight is 372 g/mol. The zero-order valence-corrected chi connectivity index (χ0v) is 13.0. The van der Waals surface area contributed by atoms with Crippen LogP contribution in [-0.2, 0) is 0 Å². The number of piperidine rings is 1. The topological polar surface area (TPSA) is 15.3 Å². The van der Waals surface area contributed by atoms with Crippen molar-refractivity contribution in [3.63, 3.8) is 0 Å². The van der Waals surface area contributed by atoms with Crippen molar-refractivity contribution < 1.29 is 13.2 Å². The van der Waals surface area contributed by atoms with Crippen LogP contribution in [0.4, 0.5) is 18.9 Å². The Balaban J connectivity index is 1.83. The third-order valence-electron chi connectivity index (χ3n) is 3.28. The second kappa shape index (κ2) is 6.54. The first-order valence-electron chi connectivity index (χ1n) is 6.34. The van der Waals surface area contributed by atoms with Gasteiger partial charge in [-0.25, -0.2) is 0 Å². The normalized spacial score (nSPS) is 18.2. The fourth-order valence-electron chi connectivity index (χ4n) is 2.31. The van der Waals surface area contributed by atoms with Gasteiger partial charge < -0.3 is 5.32 Å². The monoisotopic (exact) mass is 370 g/mol. The quantitative estimate of drug-likeness (QED) is 0.839. The Bertz CT molecular complexity index is 459. The molecular weight excluding hydrogens is 357 g/mol. The van der Waals surface area contributed by atoms with Gasteiger partial charge in [0.05, 0.1) is 11.6 Å². The molecule has 0 aromatic heterocycles. The third-order valence-corrected chi connectivity index (χ3v) is 4.49. The SMILES string of the molecule is FC(F)(F)CN1CCC(Nc2ccc(Cl)c(Br)c2)CC1. The molecule has 1 heterocycles. The van der Waals surface area contributed by atoms with Crippen LogP contribution in [0.25, 0.3) is 0 Å². The molecule has 1 aromatic rings. The Morgan fingerprint density at radius 3 is 2.50 bits per heavy atom. The van der Waals surface area contributed by atoms with Crippen molar-refractivity contribution in [1.29, 1.82) is 0 Å². The number of alkyl halides is 3. The fourth-order valence-corrected chi connectivity index (χ4v) is 2.81. The Hall–Kier alpha value is -0.460. The summed E-state index contributed by atoms with van der Waals surface area (Å²) in [7, 11) is 0. The fraction of sp³-hybridized carbons (Fsp3) is 0.538. The van der Waals surface area contributed by atoms with Crippen molar-refractivity contribution in [2.24, 2.45) is 0 Å².